The minimum Gasteiger partial charge on any atom is -0.367 e. The van der Waals surface area contributed by atoms with E-state index in [2.05, 4.69) is 6.58 Å². The molecule has 19 heavy (non-hydrogen) atoms. The van der Waals surface area contributed by atoms with Gasteiger partial charge in [0.2, 0.25) is 0 Å². The number of quaternary nitrogens is 1. The first-order valence-electron chi connectivity index (χ1n) is 6.26. The van der Waals surface area contributed by atoms with Crippen molar-refractivity contribution in [2.45, 2.75) is 20.8 Å². The van der Waals surface area contributed by atoms with Crippen molar-refractivity contribution in [3.8, 4) is 0 Å². The third-order valence-electron chi connectivity index (χ3n) is 2.63. The summed E-state index contributed by atoms with van der Waals surface area (Å²) in [5.41, 5.74) is 0.146. The van der Waals surface area contributed by atoms with Crippen LogP contribution < -0.4 is 0 Å². The van der Waals surface area contributed by atoms with E-state index >= 15 is 0 Å². The third kappa shape index (κ3) is 7.47. The van der Waals surface area contributed by atoms with Crippen molar-refractivity contribution < 1.29 is 27.4 Å². The second-order valence-corrected chi connectivity index (χ2v) is 6.43. The van der Waals surface area contributed by atoms with Crippen LogP contribution in [0.3, 0.4) is 0 Å². The normalized spacial score (nSPS) is 14.8. The Morgan fingerprint density at radius 3 is 2.26 bits per heavy atom. The molecule has 0 saturated carbocycles. The molecule has 0 N–H and O–H groups in total. The summed E-state index contributed by atoms with van der Waals surface area (Å²) in [6, 6.07) is 0. The second-order valence-electron chi connectivity index (χ2n) is 4.83. The number of phosphoric acid groups is 1. The van der Waals surface area contributed by atoms with E-state index in [-0.39, 0.29) is 18.8 Å². The zero-order chi connectivity index (χ0) is 15.1. The predicted octanol–water partition coefficient (Wildman–Crippen LogP) is 2.36. The van der Waals surface area contributed by atoms with Gasteiger partial charge in [-0.3, -0.25) is 9.05 Å². The first kappa shape index (κ1) is 18.3. The number of rotatable bonds is 9. The van der Waals surface area contributed by atoms with Gasteiger partial charge in [-0.1, -0.05) is 6.58 Å². The molecule has 0 rings (SSSR count). The lowest BCUT2D eigenvalue weighted by Gasteiger charge is -2.28. The van der Waals surface area contributed by atoms with Crippen LogP contribution in [0.4, 0.5) is 0 Å². The standard InChI is InChI=1S/C12H25NO5P/c1-7-13(5,6)9-10-17-19(15,16-8-2)18-12(14)11(3)4/h3,7-10H2,1-2,4-6H3/q+1. The lowest BCUT2D eigenvalue weighted by molar-refractivity contribution is -0.888. The number of hydrogen-bond donors (Lipinski definition) is 0. The maximum Gasteiger partial charge on any atom is 0.532 e. The number of carbonyl (C=O) groups excluding carboxylic acids is 1. The molecular formula is C12H25NO5P+. The van der Waals surface area contributed by atoms with Gasteiger partial charge in [0.1, 0.15) is 13.2 Å². The first-order valence-corrected chi connectivity index (χ1v) is 7.72. The lowest BCUT2D eigenvalue weighted by Crippen LogP contribution is -2.41. The smallest absolute Gasteiger partial charge is 0.367 e. The van der Waals surface area contributed by atoms with Gasteiger partial charge in [-0.25, -0.2) is 9.36 Å². The van der Waals surface area contributed by atoms with Crippen LogP contribution in [-0.4, -0.2) is 50.9 Å². The van der Waals surface area contributed by atoms with Gasteiger partial charge in [-0.05, 0) is 20.8 Å². The molecule has 112 valence electrons. The number of carbonyl (C=O) groups is 1. The minimum absolute atomic E-state index is 0.132. The average Bonchev–Trinajstić information content (AvgIpc) is 2.28. The summed E-state index contributed by atoms with van der Waals surface area (Å²) < 4.78 is 27.7. The highest BCUT2D eigenvalue weighted by atomic mass is 31.2. The van der Waals surface area contributed by atoms with Crippen molar-refractivity contribution in [3.63, 3.8) is 0 Å². The lowest BCUT2D eigenvalue weighted by atomic mass is 10.4. The summed E-state index contributed by atoms with van der Waals surface area (Å²) in [5.74, 6) is -0.777. The molecule has 0 aliphatic rings. The fourth-order valence-corrected chi connectivity index (χ4v) is 2.15. The summed E-state index contributed by atoms with van der Waals surface area (Å²) in [6.45, 7) is 10.4. The molecule has 0 bridgehead atoms. The Labute approximate surface area is 115 Å². The molecule has 7 heteroatoms. The molecule has 0 heterocycles. The average molecular weight is 294 g/mol. The van der Waals surface area contributed by atoms with Crippen LogP contribution in [-0.2, 0) is 22.9 Å². The summed E-state index contributed by atoms with van der Waals surface area (Å²) in [5, 5.41) is 0. The zero-order valence-electron chi connectivity index (χ0n) is 12.5. The van der Waals surface area contributed by atoms with Crippen LogP contribution >= 0.6 is 7.82 Å². The number of nitrogens with zero attached hydrogens (tertiary/aromatic N) is 1. The fourth-order valence-electron chi connectivity index (χ4n) is 0.985. The minimum atomic E-state index is -3.85. The van der Waals surface area contributed by atoms with Crippen LogP contribution in [0.5, 0.6) is 0 Å². The highest BCUT2D eigenvalue weighted by molar-refractivity contribution is 7.49. The molecule has 0 saturated heterocycles. The van der Waals surface area contributed by atoms with Gasteiger partial charge in [0.15, 0.2) is 0 Å². The van der Waals surface area contributed by atoms with E-state index in [1.807, 2.05) is 21.0 Å². The van der Waals surface area contributed by atoms with E-state index in [1.165, 1.54) is 6.92 Å². The SMILES string of the molecule is C=C(C)C(=O)OP(=O)(OCC)OCC[N+](C)(C)CC. The van der Waals surface area contributed by atoms with Gasteiger partial charge in [0.05, 0.1) is 27.2 Å². The van der Waals surface area contributed by atoms with Crippen LogP contribution in [0.25, 0.3) is 0 Å². The molecule has 0 aromatic carbocycles. The Hall–Kier alpha value is -0.680. The molecule has 0 amide bonds. The van der Waals surface area contributed by atoms with E-state index in [0.29, 0.717) is 11.0 Å². The Morgan fingerprint density at radius 1 is 1.26 bits per heavy atom. The van der Waals surface area contributed by atoms with Gasteiger partial charge in [-0.2, -0.15) is 0 Å². The van der Waals surface area contributed by atoms with Crippen LogP contribution in [0.2, 0.25) is 0 Å². The summed E-state index contributed by atoms with van der Waals surface area (Å²) >= 11 is 0. The maximum atomic E-state index is 12.2. The van der Waals surface area contributed by atoms with Crippen LogP contribution in [0.1, 0.15) is 20.8 Å². The number of hydrogen-bond acceptors (Lipinski definition) is 5. The topological polar surface area (TPSA) is 61.8 Å². The van der Waals surface area contributed by atoms with Gasteiger partial charge < -0.3 is 9.01 Å². The van der Waals surface area contributed by atoms with E-state index in [9.17, 15) is 9.36 Å². The van der Waals surface area contributed by atoms with Gasteiger partial charge in [0.25, 0.3) is 0 Å². The van der Waals surface area contributed by atoms with E-state index in [4.69, 9.17) is 13.6 Å². The summed E-state index contributed by atoms with van der Waals surface area (Å²) in [6.07, 6.45) is 0. The third-order valence-corrected chi connectivity index (χ3v) is 4.10. The predicted molar refractivity (Wildman–Crippen MR) is 73.6 cm³/mol. The first-order chi connectivity index (χ1) is 8.66. The molecule has 0 fully saturated rings. The largest absolute Gasteiger partial charge is 0.532 e. The highest BCUT2D eigenvalue weighted by Gasteiger charge is 2.31. The van der Waals surface area contributed by atoms with Gasteiger partial charge in [0, 0.05) is 5.57 Å². The van der Waals surface area contributed by atoms with Gasteiger partial charge >= 0.3 is 13.8 Å². The van der Waals surface area contributed by atoms with Crippen molar-refractivity contribution >= 4 is 13.8 Å². The van der Waals surface area contributed by atoms with Gasteiger partial charge in [-0.15, -0.1) is 0 Å². The Kier molecular flexibility index (Phi) is 7.52. The fraction of sp³-hybridized carbons (Fsp3) is 0.750. The molecule has 1 atom stereocenters. The van der Waals surface area contributed by atoms with Crippen molar-refractivity contribution in [1.29, 1.82) is 0 Å². The monoisotopic (exact) mass is 294 g/mol. The number of likely N-dealkylation sites (N-methyl/N-ethyl adjacent to an activating group) is 1. The molecule has 0 aliphatic heterocycles. The Balaban J connectivity index is 4.51. The molecule has 0 spiro atoms. The molecule has 6 nitrogen and oxygen atoms in total. The molecular weight excluding hydrogens is 269 g/mol. The van der Waals surface area contributed by atoms with Crippen molar-refractivity contribution in [2.75, 3.05) is 40.4 Å². The molecule has 0 aromatic rings. The Morgan fingerprint density at radius 2 is 1.84 bits per heavy atom. The molecule has 1 unspecified atom stereocenters. The van der Waals surface area contributed by atoms with E-state index in [1.54, 1.807) is 6.92 Å². The second kappa shape index (κ2) is 7.80. The van der Waals surface area contributed by atoms with Crippen molar-refractivity contribution in [2.24, 2.45) is 0 Å². The Bertz CT molecular complexity index is 367. The van der Waals surface area contributed by atoms with Crippen LogP contribution in [0.15, 0.2) is 12.2 Å². The number of phosphoric ester groups is 1. The highest BCUT2D eigenvalue weighted by Crippen LogP contribution is 2.49. The summed E-state index contributed by atoms with van der Waals surface area (Å²) in [7, 11) is 0.199. The van der Waals surface area contributed by atoms with Crippen molar-refractivity contribution in [3.05, 3.63) is 12.2 Å². The summed E-state index contributed by atoms with van der Waals surface area (Å²) in [4.78, 5) is 11.4. The molecule has 0 aliphatic carbocycles. The van der Waals surface area contributed by atoms with E-state index < -0.39 is 13.8 Å². The van der Waals surface area contributed by atoms with Crippen molar-refractivity contribution in [1.82, 2.24) is 0 Å². The van der Waals surface area contributed by atoms with E-state index in [0.717, 1.165) is 6.54 Å². The quantitative estimate of drug-likeness (QED) is 0.371. The maximum absolute atomic E-state index is 12.2. The molecule has 0 aromatic heterocycles. The van der Waals surface area contributed by atoms with Crippen LogP contribution in [0, 0.1) is 0 Å². The zero-order valence-corrected chi connectivity index (χ0v) is 13.4. The molecule has 0 radical (unpaired) electrons.